The van der Waals surface area contributed by atoms with Gasteiger partial charge in [0.1, 0.15) is 5.75 Å². The van der Waals surface area contributed by atoms with E-state index in [0.717, 1.165) is 0 Å². The van der Waals surface area contributed by atoms with Gasteiger partial charge in [-0.1, -0.05) is 0 Å². The van der Waals surface area contributed by atoms with E-state index >= 15 is 0 Å². The van der Waals surface area contributed by atoms with Crippen LogP contribution in [0.15, 0.2) is 18.5 Å². The number of nitrogens with zero attached hydrogens (tertiary/aromatic N) is 1. The maximum atomic E-state index is 11.1. The summed E-state index contributed by atoms with van der Waals surface area (Å²) >= 11 is 0. The molecule has 0 bridgehead atoms. The van der Waals surface area contributed by atoms with Gasteiger partial charge in [0, 0.05) is 11.8 Å². The second kappa shape index (κ2) is 4.57. The van der Waals surface area contributed by atoms with Crippen molar-refractivity contribution in [2.24, 2.45) is 5.73 Å². The monoisotopic (exact) mass is 180 g/mol. The molecule has 0 spiro atoms. The SMILES string of the molecule is CCOc1cncc(C(=O)CN)c1. The molecule has 2 N–H and O–H groups in total. The molecule has 4 nitrogen and oxygen atoms in total. The number of aromatic nitrogens is 1. The molecule has 13 heavy (non-hydrogen) atoms. The van der Waals surface area contributed by atoms with Gasteiger partial charge in [-0.15, -0.1) is 0 Å². The van der Waals surface area contributed by atoms with Gasteiger partial charge < -0.3 is 10.5 Å². The molecule has 70 valence electrons. The summed E-state index contributed by atoms with van der Waals surface area (Å²) in [5, 5.41) is 0. The van der Waals surface area contributed by atoms with Crippen LogP contribution >= 0.6 is 0 Å². The lowest BCUT2D eigenvalue weighted by Crippen LogP contribution is -2.13. The van der Waals surface area contributed by atoms with Gasteiger partial charge in [-0.05, 0) is 13.0 Å². The molecule has 0 aromatic carbocycles. The summed E-state index contributed by atoms with van der Waals surface area (Å²) in [7, 11) is 0. The molecule has 1 aromatic rings. The fourth-order valence-electron chi connectivity index (χ4n) is 0.935. The number of ketones is 1. The van der Waals surface area contributed by atoms with Crippen LogP contribution < -0.4 is 10.5 Å². The maximum absolute atomic E-state index is 11.1. The highest BCUT2D eigenvalue weighted by Gasteiger charge is 2.04. The second-order valence-corrected chi connectivity index (χ2v) is 2.47. The third-order valence-electron chi connectivity index (χ3n) is 1.53. The summed E-state index contributed by atoms with van der Waals surface area (Å²) in [6, 6.07) is 1.64. The Hall–Kier alpha value is -1.42. The number of rotatable bonds is 4. The summed E-state index contributed by atoms with van der Waals surface area (Å²) in [5.74, 6) is 0.468. The van der Waals surface area contributed by atoms with Crippen molar-refractivity contribution < 1.29 is 9.53 Å². The molecule has 0 amide bonds. The van der Waals surface area contributed by atoms with Crippen molar-refractivity contribution in [1.82, 2.24) is 4.98 Å². The lowest BCUT2D eigenvalue weighted by molar-refractivity contribution is 0.100. The Morgan fingerprint density at radius 2 is 2.38 bits per heavy atom. The number of ether oxygens (including phenoxy) is 1. The van der Waals surface area contributed by atoms with E-state index in [1.807, 2.05) is 6.92 Å². The molecule has 0 radical (unpaired) electrons. The first-order valence-electron chi connectivity index (χ1n) is 4.09. The van der Waals surface area contributed by atoms with Crippen LogP contribution in [0.2, 0.25) is 0 Å². The van der Waals surface area contributed by atoms with Crippen molar-refractivity contribution in [3.05, 3.63) is 24.0 Å². The van der Waals surface area contributed by atoms with Crippen molar-refractivity contribution in [3.8, 4) is 5.75 Å². The van der Waals surface area contributed by atoms with Crippen LogP contribution in [0.5, 0.6) is 5.75 Å². The van der Waals surface area contributed by atoms with Crippen LogP contribution in [0.1, 0.15) is 17.3 Å². The van der Waals surface area contributed by atoms with Gasteiger partial charge in [0.15, 0.2) is 5.78 Å². The summed E-state index contributed by atoms with van der Waals surface area (Å²) in [4.78, 5) is 15.0. The van der Waals surface area contributed by atoms with Gasteiger partial charge in [0.2, 0.25) is 0 Å². The third kappa shape index (κ3) is 2.52. The number of pyridine rings is 1. The number of carbonyl (C=O) groups is 1. The standard InChI is InChI=1S/C9H12N2O2/c1-2-13-8-3-7(5-11-6-8)9(12)4-10/h3,5-6H,2,4,10H2,1H3. The zero-order valence-electron chi connectivity index (χ0n) is 7.49. The molecule has 0 aliphatic carbocycles. The van der Waals surface area contributed by atoms with E-state index in [-0.39, 0.29) is 12.3 Å². The van der Waals surface area contributed by atoms with Crippen LogP contribution in [-0.2, 0) is 0 Å². The second-order valence-electron chi connectivity index (χ2n) is 2.47. The third-order valence-corrected chi connectivity index (χ3v) is 1.53. The first kappa shape index (κ1) is 9.67. The molecule has 1 aromatic heterocycles. The van der Waals surface area contributed by atoms with Crippen molar-refractivity contribution in [3.63, 3.8) is 0 Å². The lowest BCUT2D eigenvalue weighted by Gasteiger charge is -2.03. The maximum Gasteiger partial charge on any atom is 0.178 e. The number of hydrogen-bond donors (Lipinski definition) is 1. The molecule has 0 aliphatic rings. The topological polar surface area (TPSA) is 65.2 Å². The highest BCUT2D eigenvalue weighted by atomic mass is 16.5. The Kier molecular flexibility index (Phi) is 3.40. The quantitative estimate of drug-likeness (QED) is 0.690. The Bertz CT molecular complexity index is 299. The number of hydrogen-bond acceptors (Lipinski definition) is 4. The molecule has 0 aliphatic heterocycles. The zero-order chi connectivity index (χ0) is 9.68. The lowest BCUT2D eigenvalue weighted by atomic mass is 10.2. The molecule has 1 rings (SSSR count). The fourth-order valence-corrected chi connectivity index (χ4v) is 0.935. The van der Waals surface area contributed by atoms with Crippen molar-refractivity contribution >= 4 is 5.78 Å². The van der Waals surface area contributed by atoms with Crippen molar-refractivity contribution in [1.29, 1.82) is 0 Å². The molecular weight excluding hydrogens is 168 g/mol. The summed E-state index contributed by atoms with van der Waals surface area (Å²) in [6.07, 6.45) is 3.05. The van der Waals surface area contributed by atoms with Crippen LogP contribution in [0.25, 0.3) is 0 Å². The van der Waals surface area contributed by atoms with Gasteiger partial charge in [0.05, 0.1) is 19.3 Å². The molecule has 0 saturated carbocycles. The molecule has 1 heterocycles. The average Bonchev–Trinajstić information content (AvgIpc) is 2.18. The van der Waals surface area contributed by atoms with Crippen molar-refractivity contribution in [2.75, 3.05) is 13.2 Å². The molecule has 0 fully saturated rings. The Morgan fingerprint density at radius 1 is 1.62 bits per heavy atom. The molecule has 4 heteroatoms. The van der Waals surface area contributed by atoms with E-state index in [2.05, 4.69) is 4.98 Å². The Balaban J connectivity index is 2.85. The van der Waals surface area contributed by atoms with E-state index in [1.165, 1.54) is 6.20 Å². The van der Waals surface area contributed by atoms with Crippen LogP contribution in [0.4, 0.5) is 0 Å². The van der Waals surface area contributed by atoms with Gasteiger partial charge in [-0.3, -0.25) is 9.78 Å². The predicted octanol–water partition coefficient (Wildman–Crippen LogP) is 0.622. The normalized spacial score (nSPS) is 9.69. The molecule has 0 atom stereocenters. The first-order valence-corrected chi connectivity index (χ1v) is 4.09. The van der Waals surface area contributed by atoms with E-state index in [0.29, 0.717) is 17.9 Å². The van der Waals surface area contributed by atoms with Gasteiger partial charge >= 0.3 is 0 Å². The van der Waals surface area contributed by atoms with E-state index in [1.54, 1.807) is 12.3 Å². The Labute approximate surface area is 76.7 Å². The van der Waals surface area contributed by atoms with E-state index in [9.17, 15) is 4.79 Å². The van der Waals surface area contributed by atoms with Gasteiger partial charge in [-0.25, -0.2) is 0 Å². The summed E-state index contributed by atoms with van der Waals surface area (Å²) < 4.78 is 5.19. The van der Waals surface area contributed by atoms with Gasteiger partial charge in [-0.2, -0.15) is 0 Å². The minimum atomic E-state index is -0.131. The van der Waals surface area contributed by atoms with Gasteiger partial charge in [0.25, 0.3) is 0 Å². The smallest absolute Gasteiger partial charge is 0.178 e. The van der Waals surface area contributed by atoms with Crippen molar-refractivity contribution in [2.45, 2.75) is 6.92 Å². The van der Waals surface area contributed by atoms with E-state index in [4.69, 9.17) is 10.5 Å². The molecule has 0 unspecified atom stereocenters. The minimum absolute atomic E-state index is 0.00272. The summed E-state index contributed by atoms with van der Waals surface area (Å²) in [5.41, 5.74) is 5.70. The molecule has 0 saturated heterocycles. The van der Waals surface area contributed by atoms with Crippen LogP contribution in [0, 0.1) is 0 Å². The summed E-state index contributed by atoms with van der Waals surface area (Å²) in [6.45, 7) is 2.43. The highest BCUT2D eigenvalue weighted by Crippen LogP contribution is 2.10. The van der Waals surface area contributed by atoms with E-state index < -0.39 is 0 Å². The van der Waals surface area contributed by atoms with Crippen LogP contribution in [0.3, 0.4) is 0 Å². The fraction of sp³-hybridized carbons (Fsp3) is 0.333. The zero-order valence-corrected chi connectivity index (χ0v) is 7.49. The number of carbonyl (C=O) groups excluding carboxylic acids is 1. The van der Waals surface area contributed by atoms with Crippen LogP contribution in [-0.4, -0.2) is 23.9 Å². The first-order chi connectivity index (χ1) is 6.27. The largest absolute Gasteiger partial charge is 0.492 e. The average molecular weight is 180 g/mol. The Morgan fingerprint density at radius 3 is 3.00 bits per heavy atom. The number of Topliss-reactive ketones (excluding diaryl/α,β-unsaturated/α-hetero) is 1. The minimum Gasteiger partial charge on any atom is -0.492 e. The number of nitrogens with two attached hydrogens (primary N) is 1. The highest BCUT2D eigenvalue weighted by molar-refractivity contribution is 5.97. The predicted molar refractivity (Wildman–Crippen MR) is 48.8 cm³/mol. The molecular formula is C9H12N2O2.